The second-order valence-corrected chi connectivity index (χ2v) is 6.41. The van der Waals surface area contributed by atoms with Gasteiger partial charge in [0.25, 0.3) is 0 Å². The Balaban J connectivity index is 2.36. The minimum absolute atomic E-state index is 0.231. The van der Waals surface area contributed by atoms with Crippen molar-refractivity contribution in [1.29, 1.82) is 0 Å². The lowest BCUT2D eigenvalue weighted by Crippen LogP contribution is -2.31. The number of nitrogens with one attached hydrogen (secondary N) is 1. The summed E-state index contributed by atoms with van der Waals surface area (Å²) in [5, 5.41) is 13.0. The van der Waals surface area contributed by atoms with E-state index in [1.54, 1.807) is 13.2 Å². The molecule has 0 aliphatic carbocycles. The van der Waals surface area contributed by atoms with Gasteiger partial charge in [0.2, 0.25) is 10.0 Å². The third-order valence-corrected chi connectivity index (χ3v) is 4.77. The van der Waals surface area contributed by atoms with E-state index in [1.165, 1.54) is 23.0 Å². The summed E-state index contributed by atoms with van der Waals surface area (Å²) in [6.45, 7) is -0.503. The van der Waals surface area contributed by atoms with Gasteiger partial charge in [0.1, 0.15) is 10.7 Å². The zero-order valence-electron chi connectivity index (χ0n) is 11.0. The largest absolute Gasteiger partial charge is 0.394 e. The quantitative estimate of drug-likeness (QED) is 0.861. The van der Waals surface area contributed by atoms with Gasteiger partial charge in [-0.2, -0.15) is 5.10 Å². The van der Waals surface area contributed by atoms with E-state index >= 15 is 0 Å². The number of halogens is 2. The van der Waals surface area contributed by atoms with E-state index in [2.05, 4.69) is 9.82 Å². The Morgan fingerprint density at radius 3 is 2.76 bits per heavy atom. The van der Waals surface area contributed by atoms with Crippen LogP contribution < -0.4 is 4.72 Å². The van der Waals surface area contributed by atoms with Crippen LogP contribution in [0.4, 0.5) is 4.39 Å². The maximum atomic E-state index is 13.7. The summed E-state index contributed by atoms with van der Waals surface area (Å²) in [4.78, 5) is -0.644. The lowest BCUT2D eigenvalue weighted by Gasteiger charge is -2.16. The van der Waals surface area contributed by atoms with Gasteiger partial charge < -0.3 is 5.11 Å². The Labute approximate surface area is 126 Å². The Kier molecular flexibility index (Phi) is 4.62. The SMILES string of the molecule is Cn1cc([C@H](CO)NS(=O)(=O)c2c(F)cccc2Cl)cn1. The van der Waals surface area contributed by atoms with Gasteiger partial charge in [0, 0.05) is 18.8 Å². The van der Waals surface area contributed by atoms with Crippen LogP contribution in [0.25, 0.3) is 0 Å². The summed E-state index contributed by atoms with van der Waals surface area (Å²) in [5.74, 6) is -0.960. The number of rotatable bonds is 5. The highest BCUT2D eigenvalue weighted by Gasteiger charge is 2.26. The minimum Gasteiger partial charge on any atom is -0.394 e. The molecule has 1 heterocycles. The molecule has 0 radical (unpaired) electrons. The van der Waals surface area contributed by atoms with Gasteiger partial charge in [0.15, 0.2) is 0 Å². The standard InChI is InChI=1S/C12H13ClFN3O3S/c1-17-6-8(5-15-17)11(7-18)16-21(19,20)12-9(13)3-2-4-10(12)14/h2-6,11,16,18H,7H2,1H3/t11-/m0/s1. The van der Waals surface area contributed by atoms with Crippen molar-refractivity contribution >= 4 is 21.6 Å². The molecule has 0 unspecified atom stereocenters. The summed E-state index contributed by atoms with van der Waals surface area (Å²) in [5.41, 5.74) is 0.455. The normalized spacial score (nSPS) is 13.3. The highest BCUT2D eigenvalue weighted by Crippen LogP contribution is 2.25. The van der Waals surface area contributed by atoms with Crippen molar-refractivity contribution in [1.82, 2.24) is 14.5 Å². The zero-order valence-corrected chi connectivity index (χ0v) is 12.6. The molecule has 114 valence electrons. The van der Waals surface area contributed by atoms with E-state index in [0.717, 1.165) is 6.07 Å². The van der Waals surface area contributed by atoms with Crippen LogP contribution in [0, 0.1) is 5.82 Å². The molecule has 9 heteroatoms. The average Bonchev–Trinajstić information content (AvgIpc) is 2.82. The smallest absolute Gasteiger partial charge is 0.245 e. The van der Waals surface area contributed by atoms with Gasteiger partial charge >= 0.3 is 0 Å². The monoisotopic (exact) mass is 333 g/mol. The number of hydrogen-bond acceptors (Lipinski definition) is 4. The van der Waals surface area contributed by atoms with Crippen LogP contribution in [-0.2, 0) is 17.1 Å². The van der Waals surface area contributed by atoms with Gasteiger partial charge in [0.05, 0.1) is 23.9 Å². The molecule has 1 aromatic heterocycles. The van der Waals surface area contributed by atoms with E-state index < -0.39 is 33.4 Å². The number of aliphatic hydroxyl groups is 1. The van der Waals surface area contributed by atoms with E-state index in [0.29, 0.717) is 5.56 Å². The highest BCUT2D eigenvalue weighted by atomic mass is 35.5. The van der Waals surface area contributed by atoms with Gasteiger partial charge in [-0.25, -0.2) is 17.5 Å². The topological polar surface area (TPSA) is 84.2 Å². The van der Waals surface area contributed by atoms with Crippen LogP contribution >= 0.6 is 11.6 Å². The van der Waals surface area contributed by atoms with E-state index in [1.807, 2.05) is 0 Å². The first-order chi connectivity index (χ1) is 9.85. The number of aromatic nitrogens is 2. The minimum atomic E-state index is -4.23. The lowest BCUT2D eigenvalue weighted by atomic mass is 10.2. The third kappa shape index (κ3) is 3.41. The molecule has 21 heavy (non-hydrogen) atoms. The Morgan fingerprint density at radius 2 is 2.24 bits per heavy atom. The van der Waals surface area contributed by atoms with Crippen molar-refractivity contribution in [3.8, 4) is 0 Å². The van der Waals surface area contributed by atoms with Gasteiger partial charge in [-0.15, -0.1) is 0 Å². The summed E-state index contributed by atoms with van der Waals surface area (Å²) >= 11 is 5.75. The summed E-state index contributed by atoms with van der Waals surface area (Å²) in [7, 11) is -2.57. The molecule has 2 aromatic rings. The van der Waals surface area contributed by atoms with Crippen molar-refractivity contribution < 1.29 is 17.9 Å². The highest BCUT2D eigenvalue weighted by molar-refractivity contribution is 7.89. The number of sulfonamides is 1. The number of aryl methyl sites for hydroxylation is 1. The number of benzene rings is 1. The van der Waals surface area contributed by atoms with Gasteiger partial charge in [-0.05, 0) is 12.1 Å². The maximum Gasteiger partial charge on any atom is 0.245 e. The van der Waals surface area contributed by atoms with E-state index in [9.17, 15) is 17.9 Å². The molecule has 0 aliphatic rings. The van der Waals surface area contributed by atoms with Gasteiger partial charge in [-0.1, -0.05) is 17.7 Å². The fourth-order valence-corrected chi connectivity index (χ4v) is 3.64. The molecule has 1 aromatic carbocycles. The van der Waals surface area contributed by atoms with Crippen LogP contribution in [0.1, 0.15) is 11.6 Å². The summed E-state index contributed by atoms with van der Waals surface area (Å²) < 4.78 is 41.9. The Hall–Kier alpha value is -1.48. The first kappa shape index (κ1) is 15.9. The first-order valence-electron chi connectivity index (χ1n) is 5.91. The molecule has 6 nitrogen and oxygen atoms in total. The molecular formula is C12H13ClFN3O3S. The fraction of sp³-hybridized carbons (Fsp3) is 0.250. The van der Waals surface area contributed by atoms with Crippen molar-refractivity contribution in [2.24, 2.45) is 7.05 Å². The van der Waals surface area contributed by atoms with E-state index in [4.69, 9.17) is 11.6 Å². The molecule has 2 rings (SSSR count). The summed E-state index contributed by atoms with van der Waals surface area (Å²) in [6.07, 6.45) is 2.96. The average molecular weight is 334 g/mol. The molecule has 2 N–H and O–H groups in total. The molecule has 0 saturated carbocycles. The second kappa shape index (κ2) is 6.10. The van der Waals surface area contributed by atoms with Crippen molar-refractivity contribution in [2.75, 3.05) is 6.61 Å². The van der Waals surface area contributed by atoms with Crippen LogP contribution in [0.2, 0.25) is 5.02 Å². The molecule has 0 fully saturated rings. The van der Waals surface area contributed by atoms with Crippen molar-refractivity contribution in [2.45, 2.75) is 10.9 Å². The van der Waals surface area contributed by atoms with Crippen molar-refractivity contribution in [3.05, 3.63) is 47.0 Å². The Bertz CT molecular complexity index is 728. The van der Waals surface area contributed by atoms with E-state index in [-0.39, 0.29) is 5.02 Å². The fourth-order valence-electron chi connectivity index (χ4n) is 1.82. The first-order valence-corrected chi connectivity index (χ1v) is 7.77. The molecule has 0 saturated heterocycles. The van der Waals surface area contributed by atoms with Crippen LogP contribution in [0.5, 0.6) is 0 Å². The molecule has 0 spiro atoms. The number of hydrogen-bond donors (Lipinski definition) is 2. The Morgan fingerprint density at radius 1 is 1.52 bits per heavy atom. The number of aliphatic hydroxyl groups excluding tert-OH is 1. The zero-order chi connectivity index (χ0) is 15.6. The molecule has 0 bridgehead atoms. The molecule has 1 atom stereocenters. The molecular weight excluding hydrogens is 321 g/mol. The van der Waals surface area contributed by atoms with Crippen LogP contribution in [-0.4, -0.2) is 29.9 Å². The second-order valence-electron chi connectivity index (χ2n) is 4.35. The molecule has 0 aliphatic heterocycles. The predicted octanol–water partition coefficient (Wildman–Crippen LogP) is 1.22. The van der Waals surface area contributed by atoms with Crippen molar-refractivity contribution in [3.63, 3.8) is 0 Å². The van der Waals surface area contributed by atoms with Crippen LogP contribution in [0.15, 0.2) is 35.5 Å². The summed E-state index contributed by atoms with van der Waals surface area (Å²) in [6, 6.07) is 2.64. The lowest BCUT2D eigenvalue weighted by molar-refractivity contribution is 0.258. The third-order valence-electron chi connectivity index (χ3n) is 2.79. The maximum absolute atomic E-state index is 13.7. The molecule has 0 amide bonds. The van der Waals surface area contributed by atoms with Crippen LogP contribution in [0.3, 0.4) is 0 Å². The predicted molar refractivity (Wildman–Crippen MR) is 74.8 cm³/mol. The number of nitrogens with zero attached hydrogens (tertiary/aromatic N) is 2. The van der Waals surface area contributed by atoms with Gasteiger partial charge in [-0.3, -0.25) is 4.68 Å².